The Morgan fingerprint density at radius 2 is 1.67 bits per heavy atom. The van der Waals surface area contributed by atoms with Gasteiger partial charge in [-0.2, -0.15) is 0 Å². The molecule has 3 aromatic carbocycles. The Morgan fingerprint density at radius 1 is 0.939 bits per heavy atom. The third-order valence-electron chi connectivity index (χ3n) is 5.89. The highest BCUT2D eigenvalue weighted by molar-refractivity contribution is 5.95. The van der Waals surface area contributed by atoms with Crippen molar-refractivity contribution in [3.8, 4) is 5.69 Å². The first kappa shape index (κ1) is 22.3. The van der Waals surface area contributed by atoms with Gasteiger partial charge in [-0.15, -0.1) is 0 Å². The van der Waals surface area contributed by atoms with Gasteiger partial charge in [0.2, 0.25) is 11.8 Å². The van der Waals surface area contributed by atoms with E-state index in [0.29, 0.717) is 6.42 Å². The minimum atomic E-state index is -0.212. The Kier molecular flexibility index (Phi) is 6.54. The van der Waals surface area contributed by atoms with Gasteiger partial charge in [0.05, 0.1) is 17.6 Å². The molecule has 0 aliphatic carbocycles. The van der Waals surface area contributed by atoms with Crippen LogP contribution in [0.2, 0.25) is 0 Å². The number of para-hydroxylation sites is 3. The number of hydrogen-bond acceptors (Lipinski definition) is 3. The van der Waals surface area contributed by atoms with Gasteiger partial charge in [-0.25, -0.2) is 4.98 Å². The fourth-order valence-electron chi connectivity index (χ4n) is 3.90. The number of aryl methyl sites for hydroxylation is 2. The highest BCUT2D eigenvalue weighted by Crippen LogP contribution is 2.22. The largest absolute Gasteiger partial charge is 0.336 e. The molecule has 1 heterocycles. The molecule has 4 rings (SSSR count). The van der Waals surface area contributed by atoms with Crippen LogP contribution in [-0.2, 0) is 16.0 Å². The van der Waals surface area contributed by atoms with Crippen LogP contribution < -0.4 is 5.32 Å². The van der Waals surface area contributed by atoms with Crippen LogP contribution in [-0.4, -0.2) is 39.9 Å². The molecular weight excluding hydrogens is 412 g/mol. The van der Waals surface area contributed by atoms with Gasteiger partial charge in [-0.1, -0.05) is 42.5 Å². The van der Waals surface area contributed by atoms with Gasteiger partial charge in [-0.05, 0) is 55.3 Å². The predicted molar refractivity (Wildman–Crippen MR) is 132 cm³/mol. The molecule has 0 unspecified atom stereocenters. The monoisotopic (exact) mass is 440 g/mol. The summed E-state index contributed by atoms with van der Waals surface area (Å²) in [6.45, 7) is 3.98. The Labute approximate surface area is 193 Å². The van der Waals surface area contributed by atoms with E-state index in [1.54, 1.807) is 7.05 Å². The number of nitrogens with one attached hydrogen (secondary N) is 1. The molecule has 0 saturated carbocycles. The minimum Gasteiger partial charge on any atom is -0.336 e. The van der Waals surface area contributed by atoms with E-state index in [9.17, 15) is 9.59 Å². The summed E-state index contributed by atoms with van der Waals surface area (Å²) in [7, 11) is 1.66. The number of anilines is 1. The Hall–Kier alpha value is -3.93. The van der Waals surface area contributed by atoms with Crippen LogP contribution in [0.15, 0.2) is 72.8 Å². The number of fused-ring (bicyclic) bond motifs is 1. The topological polar surface area (TPSA) is 67.2 Å². The van der Waals surface area contributed by atoms with Crippen molar-refractivity contribution in [1.82, 2.24) is 14.5 Å². The lowest BCUT2D eigenvalue weighted by molar-refractivity contribution is -0.133. The van der Waals surface area contributed by atoms with Crippen molar-refractivity contribution in [2.24, 2.45) is 0 Å². The summed E-state index contributed by atoms with van der Waals surface area (Å²) in [5.74, 6) is 0.512. The van der Waals surface area contributed by atoms with Crippen molar-refractivity contribution in [2.75, 3.05) is 18.9 Å². The van der Waals surface area contributed by atoms with Crippen molar-refractivity contribution >= 4 is 28.5 Å². The SMILES string of the molecule is Cc1cccc(NC(=O)CN(C)C(=O)CCc2nc3ccccc3n2-c2ccccc2)c1C. The molecule has 1 N–H and O–H groups in total. The zero-order valence-corrected chi connectivity index (χ0v) is 19.2. The second kappa shape index (κ2) is 9.69. The van der Waals surface area contributed by atoms with Crippen LogP contribution >= 0.6 is 0 Å². The average molecular weight is 441 g/mol. The van der Waals surface area contributed by atoms with Gasteiger partial charge in [0.15, 0.2) is 0 Å². The summed E-state index contributed by atoms with van der Waals surface area (Å²) in [5, 5.41) is 2.91. The number of nitrogens with zero attached hydrogens (tertiary/aromatic N) is 3. The van der Waals surface area contributed by atoms with Gasteiger partial charge in [0, 0.05) is 31.3 Å². The van der Waals surface area contributed by atoms with Gasteiger partial charge >= 0.3 is 0 Å². The molecule has 33 heavy (non-hydrogen) atoms. The molecule has 0 aliphatic rings. The number of imidazole rings is 1. The first-order chi connectivity index (χ1) is 15.9. The minimum absolute atomic E-state index is 0.00131. The fraction of sp³-hybridized carbons (Fsp3) is 0.222. The summed E-state index contributed by atoms with van der Waals surface area (Å²) in [4.78, 5) is 31.5. The lowest BCUT2D eigenvalue weighted by Gasteiger charge is -2.18. The zero-order valence-electron chi connectivity index (χ0n) is 19.2. The number of carbonyl (C=O) groups is 2. The number of hydrogen-bond donors (Lipinski definition) is 1. The first-order valence-electron chi connectivity index (χ1n) is 11.1. The van der Waals surface area contributed by atoms with Crippen LogP contribution in [0.1, 0.15) is 23.4 Å². The van der Waals surface area contributed by atoms with E-state index in [2.05, 4.69) is 9.88 Å². The molecule has 0 spiro atoms. The summed E-state index contributed by atoms with van der Waals surface area (Å²) in [6.07, 6.45) is 0.745. The van der Waals surface area contributed by atoms with Gasteiger partial charge in [0.25, 0.3) is 0 Å². The van der Waals surface area contributed by atoms with Crippen LogP contribution in [0, 0.1) is 13.8 Å². The molecule has 168 valence electrons. The molecule has 0 atom stereocenters. The lowest BCUT2D eigenvalue weighted by Crippen LogP contribution is -2.35. The average Bonchev–Trinajstić information content (AvgIpc) is 3.19. The number of rotatable bonds is 7. The molecule has 0 aliphatic heterocycles. The van der Waals surface area contributed by atoms with Crippen LogP contribution in [0.5, 0.6) is 0 Å². The summed E-state index contributed by atoms with van der Waals surface area (Å²) in [6, 6.07) is 23.8. The quantitative estimate of drug-likeness (QED) is 0.454. The van der Waals surface area contributed by atoms with Gasteiger partial charge < -0.3 is 10.2 Å². The summed E-state index contributed by atoms with van der Waals surface area (Å²) in [5.41, 5.74) is 5.82. The zero-order chi connectivity index (χ0) is 23.4. The number of aromatic nitrogens is 2. The van der Waals surface area contributed by atoms with E-state index >= 15 is 0 Å². The summed E-state index contributed by atoms with van der Waals surface area (Å²) < 4.78 is 2.09. The molecule has 6 nitrogen and oxygen atoms in total. The molecule has 0 radical (unpaired) electrons. The Morgan fingerprint density at radius 3 is 2.45 bits per heavy atom. The molecule has 0 saturated heterocycles. The smallest absolute Gasteiger partial charge is 0.243 e. The van der Waals surface area contributed by atoms with E-state index in [-0.39, 0.29) is 24.8 Å². The van der Waals surface area contributed by atoms with Gasteiger partial charge in [-0.3, -0.25) is 14.2 Å². The lowest BCUT2D eigenvalue weighted by atomic mass is 10.1. The van der Waals surface area contributed by atoms with E-state index in [4.69, 9.17) is 4.98 Å². The van der Waals surface area contributed by atoms with Crippen molar-refractivity contribution < 1.29 is 9.59 Å². The molecule has 2 amide bonds. The Bertz CT molecular complexity index is 1290. The maximum atomic E-state index is 12.8. The standard InChI is InChI=1S/C27H28N4O2/c1-19-10-9-14-22(20(19)2)29-26(32)18-30(3)27(33)17-16-25-28-23-13-7-8-15-24(23)31(25)21-11-5-4-6-12-21/h4-15H,16-18H2,1-3H3,(H,29,32). The molecular formula is C27H28N4O2. The maximum Gasteiger partial charge on any atom is 0.243 e. The summed E-state index contributed by atoms with van der Waals surface area (Å²) >= 11 is 0. The van der Waals surface area contributed by atoms with Crippen LogP contribution in [0.4, 0.5) is 5.69 Å². The molecule has 0 bridgehead atoms. The van der Waals surface area contributed by atoms with Crippen LogP contribution in [0.25, 0.3) is 16.7 Å². The van der Waals surface area contributed by atoms with Crippen molar-refractivity contribution in [1.29, 1.82) is 0 Å². The van der Waals surface area contributed by atoms with E-state index < -0.39 is 0 Å². The number of amides is 2. The first-order valence-corrected chi connectivity index (χ1v) is 11.1. The second-order valence-electron chi connectivity index (χ2n) is 8.23. The van der Waals surface area contributed by atoms with E-state index in [1.165, 1.54) is 4.90 Å². The van der Waals surface area contributed by atoms with Crippen LogP contribution in [0.3, 0.4) is 0 Å². The van der Waals surface area contributed by atoms with Crippen molar-refractivity contribution in [3.63, 3.8) is 0 Å². The molecule has 4 aromatic rings. The molecule has 0 fully saturated rings. The molecule has 6 heteroatoms. The third kappa shape index (κ3) is 4.95. The van der Waals surface area contributed by atoms with E-state index in [1.807, 2.05) is 86.6 Å². The molecule has 1 aromatic heterocycles. The van der Waals surface area contributed by atoms with Crippen molar-refractivity contribution in [2.45, 2.75) is 26.7 Å². The Balaban J connectivity index is 1.43. The van der Waals surface area contributed by atoms with Crippen molar-refractivity contribution in [3.05, 3.63) is 89.7 Å². The second-order valence-corrected chi connectivity index (χ2v) is 8.23. The number of carbonyl (C=O) groups excluding carboxylic acids is 2. The third-order valence-corrected chi connectivity index (χ3v) is 5.89. The number of benzene rings is 3. The fourth-order valence-corrected chi connectivity index (χ4v) is 3.90. The highest BCUT2D eigenvalue weighted by Gasteiger charge is 2.17. The van der Waals surface area contributed by atoms with E-state index in [0.717, 1.165) is 39.4 Å². The normalized spacial score (nSPS) is 10.9. The highest BCUT2D eigenvalue weighted by atomic mass is 16.2. The maximum absolute atomic E-state index is 12.8. The predicted octanol–water partition coefficient (Wildman–Crippen LogP) is 4.67. The van der Waals surface area contributed by atoms with Gasteiger partial charge in [0.1, 0.15) is 5.82 Å². The number of likely N-dealkylation sites (N-methyl/N-ethyl adjacent to an activating group) is 1.